The van der Waals surface area contributed by atoms with Gasteiger partial charge in [-0.05, 0) is 34.4 Å². The fourth-order valence-corrected chi connectivity index (χ4v) is 0.335. The van der Waals surface area contributed by atoms with Crippen molar-refractivity contribution in [3.63, 3.8) is 0 Å². The van der Waals surface area contributed by atoms with Crippen LogP contribution in [0.4, 0.5) is 0 Å². The second kappa shape index (κ2) is 2.68. The molecule has 0 saturated heterocycles. The lowest BCUT2D eigenvalue weighted by Crippen LogP contribution is -2.47. The van der Waals surface area contributed by atoms with Crippen molar-refractivity contribution in [2.24, 2.45) is 10.9 Å². The number of nitrogens with zero attached hydrogens (tertiary/aromatic N) is 1. The van der Waals surface area contributed by atoms with Gasteiger partial charge in [0.15, 0.2) is 0 Å². The van der Waals surface area contributed by atoms with E-state index in [1.165, 1.54) is 0 Å². The standard InChI is InChI=1S/C7H16N2O/c1-6(2,9-5)7(3,4)10-8/h5,8H2,1-4H3. The Morgan fingerprint density at radius 1 is 1.30 bits per heavy atom. The Kier molecular flexibility index (Phi) is 2.57. The summed E-state index contributed by atoms with van der Waals surface area (Å²) in [5, 5.41) is 0. The van der Waals surface area contributed by atoms with Gasteiger partial charge in [0.25, 0.3) is 0 Å². The molecule has 0 heterocycles. The predicted octanol–water partition coefficient (Wildman–Crippen LogP) is 1.13. The Hall–Kier alpha value is -0.410. The molecule has 0 saturated carbocycles. The molecule has 0 rings (SSSR count). The van der Waals surface area contributed by atoms with Gasteiger partial charge in [-0.25, -0.2) is 5.90 Å². The maximum absolute atomic E-state index is 5.08. The van der Waals surface area contributed by atoms with Crippen LogP contribution in [0.1, 0.15) is 27.7 Å². The lowest BCUT2D eigenvalue weighted by molar-refractivity contribution is -0.0631. The smallest absolute Gasteiger partial charge is 0.108 e. The molecule has 0 aromatic carbocycles. The van der Waals surface area contributed by atoms with E-state index in [1.54, 1.807) is 0 Å². The molecule has 0 fully saturated rings. The van der Waals surface area contributed by atoms with Crippen molar-refractivity contribution in [1.29, 1.82) is 0 Å². The molecule has 0 unspecified atom stereocenters. The summed E-state index contributed by atoms with van der Waals surface area (Å²) >= 11 is 0. The molecule has 0 aliphatic heterocycles. The van der Waals surface area contributed by atoms with Gasteiger partial charge < -0.3 is 0 Å². The third kappa shape index (κ3) is 1.55. The Bertz CT molecular complexity index is 130. The SMILES string of the molecule is C=NC(C)(C)C(C)(C)ON. The van der Waals surface area contributed by atoms with Crippen LogP contribution in [-0.4, -0.2) is 17.9 Å². The topological polar surface area (TPSA) is 47.6 Å². The van der Waals surface area contributed by atoms with Crippen molar-refractivity contribution in [3.8, 4) is 0 Å². The van der Waals surface area contributed by atoms with E-state index in [2.05, 4.69) is 11.7 Å². The van der Waals surface area contributed by atoms with E-state index in [0.29, 0.717) is 0 Å². The number of nitrogens with two attached hydrogens (primary N) is 1. The van der Waals surface area contributed by atoms with Crippen molar-refractivity contribution in [2.45, 2.75) is 38.8 Å². The molecule has 3 heteroatoms. The fraction of sp³-hybridized carbons (Fsp3) is 0.857. The molecule has 3 nitrogen and oxygen atoms in total. The number of hydrogen-bond acceptors (Lipinski definition) is 3. The van der Waals surface area contributed by atoms with Gasteiger partial charge in [-0.15, -0.1) is 0 Å². The van der Waals surface area contributed by atoms with E-state index >= 15 is 0 Å². The summed E-state index contributed by atoms with van der Waals surface area (Å²) in [7, 11) is 0. The lowest BCUT2D eigenvalue weighted by atomic mass is 9.87. The van der Waals surface area contributed by atoms with Crippen LogP contribution in [0.5, 0.6) is 0 Å². The largest absolute Gasteiger partial charge is 0.296 e. The zero-order valence-corrected chi connectivity index (χ0v) is 7.14. The number of hydrogen-bond donors (Lipinski definition) is 1. The van der Waals surface area contributed by atoms with E-state index < -0.39 is 5.60 Å². The zero-order valence-electron chi connectivity index (χ0n) is 7.14. The van der Waals surface area contributed by atoms with Crippen LogP contribution in [0.2, 0.25) is 0 Å². The summed E-state index contributed by atoms with van der Waals surface area (Å²) in [4.78, 5) is 8.67. The van der Waals surface area contributed by atoms with Crippen molar-refractivity contribution in [2.75, 3.05) is 0 Å². The highest BCUT2D eigenvalue weighted by atomic mass is 16.6. The molecule has 0 spiro atoms. The summed E-state index contributed by atoms with van der Waals surface area (Å²) in [6.45, 7) is 11.1. The van der Waals surface area contributed by atoms with Crippen molar-refractivity contribution in [1.82, 2.24) is 0 Å². The van der Waals surface area contributed by atoms with Gasteiger partial charge in [0.05, 0.1) is 5.54 Å². The minimum atomic E-state index is -0.464. The number of aliphatic imine (C=N–C) groups is 1. The summed E-state index contributed by atoms with van der Waals surface area (Å²) in [5.74, 6) is 5.08. The second-order valence-electron chi connectivity index (χ2n) is 3.35. The highest BCUT2D eigenvalue weighted by Crippen LogP contribution is 2.26. The third-order valence-electron chi connectivity index (χ3n) is 2.16. The van der Waals surface area contributed by atoms with Crippen LogP contribution < -0.4 is 5.90 Å². The molecule has 2 N–H and O–H groups in total. The Labute approximate surface area is 62.2 Å². The van der Waals surface area contributed by atoms with Gasteiger partial charge >= 0.3 is 0 Å². The van der Waals surface area contributed by atoms with Crippen molar-refractivity contribution >= 4 is 6.72 Å². The maximum Gasteiger partial charge on any atom is 0.108 e. The van der Waals surface area contributed by atoms with Crippen molar-refractivity contribution in [3.05, 3.63) is 0 Å². The van der Waals surface area contributed by atoms with E-state index in [9.17, 15) is 0 Å². The van der Waals surface area contributed by atoms with Gasteiger partial charge in [0.2, 0.25) is 0 Å². The average Bonchev–Trinajstić information content (AvgIpc) is 1.88. The Balaban J connectivity index is 4.43. The van der Waals surface area contributed by atoms with Crippen molar-refractivity contribution < 1.29 is 4.84 Å². The van der Waals surface area contributed by atoms with Crippen LogP contribution in [-0.2, 0) is 4.84 Å². The normalized spacial score (nSPS) is 13.3. The summed E-state index contributed by atoms with van der Waals surface area (Å²) in [5.41, 5.74) is -0.809. The molecular weight excluding hydrogens is 128 g/mol. The highest BCUT2D eigenvalue weighted by molar-refractivity contribution is 5.26. The van der Waals surface area contributed by atoms with Gasteiger partial charge in [-0.1, -0.05) is 0 Å². The van der Waals surface area contributed by atoms with Gasteiger partial charge in [-0.2, -0.15) is 0 Å². The first kappa shape index (κ1) is 9.59. The molecule has 0 aliphatic rings. The van der Waals surface area contributed by atoms with E-state index in [0.717, 1.165) is 0 Å². The molecule has 0 aromatic heterocycles. The zero-order chi connectivity index (χ0) is 8.41. The molecular formula is C7H16N2O. The molecule has 10 heavy (non-hydrogen) atoms. The first-order chi connectivity index (χ1) is 4.37. The van der Waals surface area contributed by atoms with Gasteiger partial charge in [0.1, 0.15) is 5.60 Å². The third-order valence-corrected chi connectivity index (χ3v) is 2.16. The average molecular weight is 144 g/mol. The van der Waals surface area contributed by atoms with Crippen LogP contribution in [0, 0.1) is 0 Å². The Morgan fingerprint density at radius 3 is 1.80 bits per heavy atom. The van der Waals surface area contributed by atoms with E-state index in [-0.39, 0.29) is 5.54 Å². The van der Waals surface area contributed by atoms with Crippen LogP contribution in [0.3, 0.4) is 0 Å². The molecule has 0 atom stereocenters. The molecule has 0 bridgehead atoms. The van der Waals surface area contributed by atoms with Crippen LogP contribution in [0.25, 0.3) is 0 Å². The maximum atomic E-state index is 5.08. The fourth-order valence-electron chi connectivity index (χ4n) is 0.335. The summed E-state index contributed by atoms with van der Waals surface area (Å²) < 4.78 is 0. The minimum Gasteiger partial charge on any atom is -0.296 e. The molecule has 0 aliphatic carbocycles. The highest BCUT2D eigenvalue weighted by Gasteiger charge is 2.36. The quantitative estimate of drug-likeness (QED) is 0.477. The van der Waals surface area contributed by atoms with Gasteiger partial charge in [-0.3, -0.25) is 9.83 Å². The lowest BCUT2D eigenvalue weighted by Gasteiger charge is -2.35. The molecule has 0 radical (unpaired) electrons. The molecule has 0 aromatic rings. The molecule has 0 amide bonds. The monoisotopic (exact) mass is 144 g/mol. The minimum absolute atomic E-state index is 0.345. The summed E-state index contributed by atoms with van der Waals surface area (Å²) in [6.07, 6.45) is 0. The molecule has 60 valence electrons. The van der Waals surface area contributed by atoms with Gasteiger partial charge in [0, 0.05) is 0 Å². The Morgan fingerprint density at radius 2 is 1.70 bits per heavy atom. The first-order valence-corrected chi connectivity index (χ1v) is 3.23. The van der Waals surface area contributed by atoms with E-state index in [4.69, 9.17) is 10.7 Å². The summed E-state index contributed by atoms with van der Waals surface area (Å²) in [6, 6.07) is 0. The first-order valence-electron chi connectivity index (χ1n) is 3.23. The predicted molar refractivity (Wildman–Crippen MR) is 43.0 cm³/mol. The van der Waals surface area contributed by atoms with Crippen LogP contribution in [0.15, 0.2) is 4.99 Å². The number of rotatable bonds is 3. The van der Waals surface area contributed by atoms with E-state index in [1.807, 2.05) is 27.7 Å². The second-order valence-corrected chi connectivity index (χ2v) is 3.35. The van der Waals surface area contributed by atoms with Crippen LogP contribution >= 0.6 is 0 Å².